The van der Waals surface area contributed by atoms with Crippen LogP contribution in [0.15, 0.2) is 18.3 Å². The summed E-state index contributed by atoms with van der Waals surface area (Å²) in [5.41, 5.74) is 2.08. The normalized spacial score (nSPS) is 19.5. The number of likely N-dealkylation sites (tertiary alicyclic amines) is 1. The Bertz CT molecular complexity index is 863. The molecule has 4 rings (SSSR count). The van der Waals surface area contributed by atoms with E-state index in [1.54, 1.807) is 18.3 Å². The second kappa shape index (κ2) is 6.79. The third kappa shape index (κ3) is 3.23. The van der Waals surface area contributed by atoms with E-state index in [2.05, 4.69) is 4.98 Å². The van der Waals surface area contributed by atoms with E-state index >= 15 is 0 Å². The predicted octanol–water partition coefficient (Wildman–Crippen LogP) is 2.38. The zero-order valence-corrected chi connectivity index (χ0v) is 15.9. The molecule has 7 heteroatoms. The topological polar surface area (TPSA) is 66.4 Å². The van der Waals surface area contributed by atoms with Gasteiger partial charge in [0, 0.05) is 62.1 Å². The first-order chi connectivity index (χ1) is 12.5. The lowest BCUT2D eigenvalue weighted by Crippen LogP contribution is -2.35. The van der Waals surface area contributed by atoms with Gasteiger partial charge in [-0.05, 0) is 25.5 Å². The van der Waals surface area contributed by atoms with Crippen LogP contribution in [0, 0.1) is 6.92 Å². The fourth-order valence-electron chi connectivity index (χ4n) is 3.66. The Balaban J connectivity index is 1.46. The summed E-state index contributed by atoms with van der Waals surface area (Å²) in [5.74, 6) is 1.22. The highest BCUT2D eigenvalue weighted by Gasteiger charge is 2.31. The number of hydrogen-bond acceptors (Lipinski definition) is 5. The molecule has 0 aliphatic carbocycles. The molecule has 1 saturated heterocycles. The summed E-state index contributed by atoms with van der Waals surface area (Å²) in [7, 11) is 0. The van der Waals surface area contributed by atoms with Crippen LogP contribution in [-0.4, -0.2) is 51.2 Å². The maximum absolute atomic E-state index is 12.6. The Morgan fingerprint density at radius 3 is 2.81 bits per heavy atom. The summed E-state index contributed by atoms with van der Waals surface area (Å²) in [6.45, 7) is 6.35. The number of carbonyl (C=O) groups is 2. The van der Waals surface area contributed by atoms with Crippen molar-refractivity contribution in [3.05, 3.63) is 45.2 Å². The molecule has 2 amide bonds. The summed E-state index contributed by atoms with van der Waals surface area (Å²) in [6.07, 6.45) is 3.53. The minimum Gasteiger partial charge on any atom is -0.338 e. The molecule has 2 aliphatic heterocycles. The number of aromatic nitrogens is 2. The maximum Gasteiger partial charge on any atom is 0.263 e. The minimum absolute atomic E-state index is 0.0912. The van der Waals surface area contributed by atoms with E-state index in [1.165, 1.54) is 0 Å². The highest BCUT2D eigenvalue weighted by molar-refractivity contribution is 7.13. The van der Waals surface area contributed by atoms with E-state index in [4.69, 9.17) is 4.98 Å². The fourth-order valence-corrected chi connectivity index (χ4v) is 4.49. The number of amides is 2. The number of hydrogen-bond donors (Lipinski definition) is 0. The van der Waals surface area contributed by atoms with Crippen LogP contribution >= 0.6 is 11.3 Å². The summed E-state index contributed by atoms with van der Waals surface area (Å²) in [6, 6.07) is 3.90. The molecule has 2 aromatic heterocycles. The van der Waals surface area contributed by atoms with Crippen LogP contribution in [0.2, 0.25) is 0 Å². The predicted molar refractivity (Wildman–Crippen MR) is 99.1 cm³/mol. The quantitative estimate of drug-likeness (QED) is 0.814. The number of thiophene rings is 1. The molecule has 1 atom stereocenters. The molecule has 0 aromatic carbocycles. The SMILES string of the molecule is CC(=O)N1CCc2nc([C@@H]3CCN(C(=O)c4ccc(C)s4)C3)ncc2C1. The summed E-state index contributed by atoms with van der Waals surface area (Å²) in [4.78, 5) is 39.2. The molecular formula is C19H22N4O2S. The lowest BCUT2D eigenvalue weighted by atomic mass is 10.0. The van der Waals surface area contributed by atoms with Crippen molar-refractivity contribution in [3.8, 4) is 0 Å². The monoisotopic (exact) mass is 370 g/mol. The summed E-state index contributed by atoms with van der Waals surface area (Å²) in [5, 5.41) is 0. The molecule has 2 aromatic rings. The first-order valence-electron chi connectivity index (χ1n) is 8.97. The third-order valence-electron chi connectivity index (χ3n) is 5.19. The van der Waals surface area contributed by atoms with Gasteiger partial charge in [0.25, 0.3) is 5.91 Å². The van der Waals surface area contributed by atoms with E-state index in [0.29, 0.717) is 19.6 Å². The second-order valence-electron chi connectivity index (χ2n) is 7.04. The highest BCUT2D eigenvalue weighted by Crippen LogP contribution is 2.28. The van der Waals surface area contributed by atoms with Gasteiger partial charge >= 0.3 is 0 Å². The first-order valence-corrected chi connectivity index (χ1v) is 9.79. The molecule has 0 unspecified atom stereocenters. The molecule has 0 radical (unpaired) electrons. The van der Waals surface area contributed by atoms with E-state index in [9.17, 15) is 9.59 Å². The summed E-state index contributed by atoms with van der Waals surface area (Å²) < 4.78 is 0. The maximum atomic E-state index is 12.6. The van der Waals surface area contributed by atoms with Crippen LogP contribution in [0.1, 0.15) is 50.9 Å². The smallest absolute Gasteiger partial charge is 0.263 e. The fraction of sp³-hybridized carbons (Fsp3) is 0.474. The first kappa shape index (κ1) is 17.1. The van der Waals surface area contributed by atoms with Crippen molar-refractivity contribution < 1.29 is 9.59 Å². The van der Waals surface area contributed by atoms with E-state index in [-0.39, 0.29) is 17.7 Å². The minimum atomic E-state index is 0.0912. The average molecular weight is 370 g/mol. The zero-order chi connectivity index (χ0) is 18.3. The molecule has 136 valence electrons. The standard InChI is InChI=1S/C19H22N4O2S/c1-12-3-4-17(26-12)19(25)23-7-5-14(10-23)18-20-9-15-11-22(13(2)24)8-6-16(15)21-18/h3-4,9,14H,5-8,10-11H2,1-2H3/t14-/m1/s1. The second-order valence-corrected chi connectivity index (χ2v) is 8.33. The van der Waals surface area contributed by atoms with E-state index in [1.807, 2.05) is 35.1 Å². The average Bonchev–Trinajstić information content (AvgIpc) is 3.29. The number of fused-ring (bicyclic) bond motifs is 1. The molecule has 1 fully saturated rings. The Morgan fingerprint density at radius 1 is 1.23 bits per heavy atom. The Hall–Kier alpha value is -2.28. The van der Waals surface area contributed by atoms with Gasteiger partial charge in [0.15, 0.2) is 0 Å². The van der Waals surface area contributed by atoms with Crippen molar-refractivity contribution in [2.24, 2.45) is 0 Å². The number of rotatable bonds is 2. The lowest BCUT2D eigenvalue weighted by Gasteiger charge is -2.27. The zero-order valence-electron chi connectivity index (χ0n) is 15.1. The Morgan fingerprint density at radius 2 is 2.08 bits per heavy atom. The van der Waals surface area contributed by atoms with Gasteiger partial charge in [-0.3, -0.25) is 9.59 Å². The number of carbonyl (C=O) groups excluding carboxylic acids is 2. The highest BCUT2D eigenvalue weighted by atomic mass is 32.1. The van der Waals surface area contributed by atoms with Crippen molar-refractivity contribution in [2.45, 2.75) is 39.2 Å². The van der Waals surface area contributed by atoms with Crippen molar-refractivity contribution in [1.82, 2.24) is 19.8 Å². The van der Waals surface area contributed by atoms with Gasteiger partial charge in [0.05, 0.1) is 10.6 Å². The van der Waals surface area contributed by atoms with Crippen LogP contribution < -0.4 is 0 Å². The largest absolute Gasteiger partial charge is 0.338 e. The number of nitrogens with zero attached hydrogens (tertiary/aromatic N) is 4. The molecule has 2 aliphatic rings. The van der Waals surface area contributed by atoms with Gasteiger partial charge < -0.3 is 9.80 Å². The van der Waals surface area contributed by atoms with Gasteiger partial charge in [-0.15, -0.1) is 11.3 Å². The van der Waals surface area contributed by atoms with E-state index in [0.717, 1.165) is 46.2 Å². The van der Waals surface area contributed by atoms with Crippen molar-refractivity contribution >= 4 is 23.2 Å². The van der Waals surface area contributed by atoms with Crippen LogP contribution in [0.5, 0.6) is 0 Å². The van der Waals surface area contributed by atoms with Gasteiger partial charge in [-0.2, -0.15) is 0 Å². The van der Waals surface area contributed by atoms with Crippen LogP contribution in [0.4, 0.5) is 0 Å². The molecular weight excluding hydrogens is 348 g/mol. The molecule has 4 heterocycles. The molecule has 26 heavy (non-hydrogen) atoms. The molecule has 0 bridgehead atoms. The molecule has 0 saturated carbocycles. The number of aryl methyl sites for hydroxylation is 1. The molecule has 0 spiro atoms. The van der Waals surface area contributed by atoms with Crippen LogP contribution in [0.3, 0.4) is 0 Å². The van der Waals surface area contributed by atoms with Gasteiger partial charge in [0.1, 0.15) is 5.82 Å². The lowest BCUT2D eigenvalue weighted by molar-refractivity contribution is -0.129. The Kier molecular flexibility index (Phi) is 4.48. The van der Waals surface area contributed by atoms with E-state index < -0.39 is 0 Å². The van der Waals surface area contributed by atoms with Crippen LogP contribution in [-0.2, 0) is 17.8 Å². The van der Waals surface area contributed by atoms with Gasteiger partial charge in [0.2, 0.25) is 5.91 Å². The van der Waals surface area contributed by atoms with Crippen molar-refractivity contribution in [1.29, 1.82) is 0 Å². The van der Waals surface area contributed by atoms with Crippen molar-refractivity contribution in [2.75, 3.05) is 19.6 Å². The summed E-state index contributed by atoms with van der Waals surface area (Å²) >= 11 is 1.55. The molecule has 0 N–H and O–H groups in total. The van der Waals surface area contributed by atoms with Gasteiger partial charge in [-0.1, -0.05) is 0 Å². The van der Waals surface area contributed by atoms with Crippen molar-refractivity contribution in [3.63, 3.8) is 0 Å². The van der Waals surface area contributed by atoms with Gasteiger partial charge in [-0.25, -0.2) is 9.97 Å². The van der Waals surface area contributed by atoms with Crippen LogP contribution in [0.25, 0.3) is 0 Å². The Labute approximate surface area is 156 Å². The molecule has 6 nitrogen and oxygen atoms in total. The third-order valence-corrected chi connectivity index (χ3v) is 6.18.